The predicted molar refractivity (Wildman–Crippen MR) is 90.0 cm³/mol. The molecular formula is C13H14F3N3O7S2. The van der Waals surface area contributed by atoms with Crippen LogP contribution in [0.2, 0.25) is 0 Å². The number of nitrogens with zero attached hydrogens (tertiary/aromatic N) is 1. The Balaban J connectivity index is 2.13. The third-order valence-corrected chi connectivity index (χ3v) is 7.07. The second-order valence-electron chi connectivity index (χ2n) is 5.91. The van der Waals surface area contributed by atoms with Crippen molar-refractivity contribution in [2.75, 3.05) is 23.4 Å². The second kappa shape index (κ2) is 7.54. The first-order chi connectivity index (χ1) is 12.7. The molecule has 0 radical (unpaired) electrons. The van der Waals surface area contributed by atoms with Gasteiger partial charge in [-0.1, -0.05) is 0 Å². The van der Waals surface area contributed by atoms with E-state index >= 15 is 0 Å². The van der Waals surface area contributed by atoms with Gasteiger partial charge in [0.1, 0.15) is 5.69 Å². The number of carbonyl (C=O) groups excluding carboxylic acids is 1. The summed E-state index contributed by atoms with van der Waals surface area (Å²) < 4.78 is 83.2. The molecule has 0 saturated carbocycles. The molecule has 2 N–H and O–H groups in total. The molecule has 1 saturated heterocycles. The van der Waals surface area contributed by atoms with Gasteiger partial charge < -0.3 is 10.6 Å². The fourth-order valence-corrected chi connectivity index (χ4v) is 4.93. The van der Waals surface area contributed by atoms with Gasteiger partial charge >= 0.3 is 5.51 Å². The van der Waals surface area contributed by atoms with Crippen LogP contribution < -0.4 is 10.6 Å². The van der Waals surface area contributed by atoms with Crippen LogP contribution in [0, 0.1) is 10.1 Å². The molecule has 10 nitrogen and oxygen atoms in total. The van der Waals surface area contributed by atoms with Gasteiger partial charge in [-0.3, -0.25) is 14.9 Å². The number of anilines is 1. The van der Waals surface area contributed by atoms with Crippen molar-refractivity contribution in [2.45, 2.75) is 22.9 Å². The predicted octanol–water partition coefficient (Wildman–Crippen LogP) is 0.603. The summed E-state index contributed by atoms with van der Waals surface area (Å²) in [5.74, 6) is -1.00. The molecule has 1 aliphatic rings. The summed E-state index contributed by atoms with van der Waals surface area (Å²) in [5.41, 5.74) is -6.97. The highest BCUT2D eigenvalue weighted by atomic mass is 32.2. The first-order valence-electron chi connectivity index (χ1n) is 7.56. The van der Waals surface area contributed by atoms with Gasteiger partial charge in [-0.05, 0) is 18.6 Å². The van der Waals surface area contributed by atoms with Crippen molar-refractivity contribution in [3.05, 3.63) is 28.3 Å². The summed E-state index contributed by atoms with van der Waals surface area (Å²) in [7, 11) is -9.01. The maximum atomic E-state index is 12.6. The molecule has 1 heterocycles. The lowest BCUT2D eigenvalue weighted by molar-refractivity contribution is -0.384. The minimum Gasteiger partial charge on any atom is -0.371 e. The van der Waals surface area contributed by atoms with Gasteiger partial charge in [0, 0.05) is 12.1 Å². The first kappa shape index (κ1) is 21.9. The standard InChI is InChI=1S/C13H14F3N3O7S2/c14-13(15,16)28(25,26)9-1-2-10(11(5-9)19(21)22)17-6-12(20)18-8-3-4-27(23,24)7-8/h1-2,5,8,17H,3-4,6-7H2,(H,18,20). The van der Waals surface area contributed by atoms with Crippen molar-refractivity contribution in [1.82, 2.24) is 5.32 Å². The molecule has 1 aromatic rings. The molecule has 156 valence electrons. The van der Waals surface area contributed by atoms with Crippen molar-refractivity contribution in [1.29, 1.82) is 0 Å². The molecule has 15 heteroatoms. The number of sulfone groups is 2. The molecule has 0 aromatic heterocycles. The second-order valence-corrected chi connectivity index (χ2v) is 10.1. The van der Waals surface area contributed by atoms with Crippen LogP contribution in [0.1, 0.15) is 6.42 Å². The molecule has 0 bridgehead atoms. The summed E-state index contributed by atoms with van der Waals surface area (Å²) in [4.78, 5) is 20.5. The van der Waals surface area contributed by atoms with Gasteiger partial charge in [0.05, 0.1) is 27.9 Å². The highest BCUT2D eigenvalue weighted by molar-refractivity contribution is 7.92. The lowest BCUT2D eigenvalue weighted by atomic mass is 10.2. The number of hydrogen-bond donors (Lipinski definition) is 2. The van der Waals surface area contributed by atoms with Crippen molar-refractivity contribution in [3.63, 3.8) is 0 Å². The van der Waals surface area contributed by atoms with E-state index in [4.69, 9.17) is 0 Å². The van der Waals surface area contributed by atoms with E-state index in [-0.39, 0.29) is 29.7 Å². The number of hydrogen-bond acceptors (Lipinski definition) is 8. The van der Waals surface area contributed by atoms with Gasteiger partial charge in [0.2, 0.25) is 5.91 Å². The van der Waals surface area contributed by atoms with E-state index in [1.165, 1.54) is 0 Å². The Morgan fingerprint density at radius 2 is 1.96 bits per heavy atom. The van der Waals surface area contributed by atoms with Gasteiger partial charge in [-0.2, -0.15) is 13.2 Å². The highest BCUT2D eigenvalue weighted by Gasteiger charge is 2.47. The zero-order valence-electron chi connectivity index (χ0n) is 13.9. The number of rotatable bonds is 6. The Morgan fingerprint density at radius 3 is 2.46 bits per heavy atom. The summed E-state index contributed by atoms with van der Waals surface area (Å²) in [5, 5.41) is 15.8. The quantitative estimate of drug-likeness (QED) is 0.477. The lowest BCUT2D eigenvalue weighted by Gasteiger charge is -2.13. The average Bonchev–Trinajstić information content (AvgIpc) is 2.90. The summed E-state index contributed by atoms with van der Waals surface area (Å²) in [6.45, 7) is -0.539. The van der Waals surface area contributed by atoms with Gasteiger partial charge in [-0.25, -0.2) is 16.8 Å². The normalized spacial score (nSPS) is 19.2. The minimum absolute atomic E-state index is 0.0774. The smallest absolute Gasteiger partial charge is 0.371 e. The number of halogens is 3. The monoisotopic (exact) mass is 445 g/mol. The van der Waals surface area contributed by atoms with Gasteiger partial charge in [0.15, 0.2) is 9.84 Å². The van der Waals surface area contributed by atoms with Crippen molar-refractivity contribution < 1.29 is 39.7 Å². The van der Waals surface area contributed by atoms with E-state index in [0.29, 0.717) is 6.07 Å². The Bertz CT molecular complexity index is 1010. The van der Waals surface area contributed by atoms with Crippen LogP contribution in [-0.2, 0) is 24.5 Å². The van der Waals surface area contributed by atoms with Crippen LogP contribution in [0.3, 0.4) is 0 Å². The van der Waals surface area contributed by atoms with E-state index in [0.717, 1.165) is 6.07 Å². The molecule has 1 aliphatic heterocycles. The topological polar surface area (TPSA) is 153 Å². The van der Waals surface area contributed by atoms with Crippen molar-refractivity contribution in [3.8, 4) is 0 Å². The number of nitro groups is 1. The molecule has 1 amide bonds. The lowest BCUT2D eigenvalue weighted by Crippen LogP contribution is -2.39. The Kier molecular flexibility index (Phi) is 5.89. The van der Waals surface area contributed by atoms with Crippen LogP contribution >= 0.6 is 0 Å². The fourth-order valence-electron chi connectivity index (χ4n) is 2.48. The number of carbonyl (C=O) groups is 1. The first-order valence-corrected chi connectivity index (χ1v) is 10.9. The molecule has 2 rings (SSSR count). The summed E-state index contributed by atoms with van der Waals surface area (Å²) >= 11 is 0. The fraction of sp³-hybridized carbons (Fsp3) is 0.462. The molecule has 1 unspecified atom stereocenters. The molecule has 0 spiro atoms. The van der Waals surface area contributed by atoms with Crippen LogP contribution in [0.15, 0.2) is 23.1 Å². The van der Waals surface area contributed by atoms with Crippen LogP contribution in [0.25, 0.3) is 0 Å². The zero-order chi connectivity index (χ0) is 21.3. The van der Waals surface area contributed by atoms with Gasteiger partial charge in [0.25, 0.3) is 15.5 Å². The van der Waals surface area contributed by atoms with Crippen LogP contribution in [0.4, 0.5) is 24.5 Å². The maximum absolute atomic E-state index is 12.6. The minimum atomic E-state index is -5.78. The molecule has 1 fully saturated rings. The van der Waals surface area contributed by atoms with Crippen molar-refractivity contribution >= 4 is 37.0 Å². The van der Waals surface area contributed by atoms with Crippen molar-refractivity contribution in [2.24, 2.45) is 0 Å². The molecule has 28 heavy (non-hydrogen) atoms. The SMILES string of the molecule is O=C(CNc1ccc(S(=O)(=O)C(F)(F)F)cc1[N+](=O)[O-])NC1CCS(=O)(=O)C1. The number of amides is 1. The molecular weight excluding hydrogens is 431 g/mol. The Morgan fingerprint density at radius 1 is 1.32 bits per heavy atom. The third kappa shape index (κ3) is 4.89. The van der Waals surface area contributed by atoms with Gasteiger partial charge in [-0.15, -0.1) is 0 Å². The molecule has 0 aliphatic carbocycles. The number of nitrogens with one attached hydrogen (secondary N) is 2. The van der Waals surface area contributed by atoms with E-state index in [9.17, 15) is 44.9 Å². The van der Waals surface area contributed by atoms with E-state index in [1.54, 1.807) is 0 Å². The number of benzene rings is 1. The highest BCUT2D eigenvalue weighted by Crippen LogP contribution is 2.34. The Hall–Kier alpha value is -2.42. The van der Waals surface area contributed by atoms with E-state index in [2.05, 4.69) is 10.6 Å². The van der Waals surface area contributed by atoms with Crippen LogP contribution in [0.5, 0.6) is 0 Å². The molecule has 1 atom stereocenters. The summed E-state index contributed by atoms with van der Waals surface area (Å²) in [6, 6.07) is 0.907. The Labute approximate surface area is 157 Å². The van der Waals surface area contributed by atoms with Crippen LogP contribution in [-0.4, -0.2) is 57.3 Å². The third-order valence-electron chi connectivity index (χ3n) is 3.82. The van der Waals surface area contributed by atoms with E-state index in [1.807, 2.05) is 0 Å². The maximum Gasteiger partial charge on any atom is 0.501 e. The largest absolute Gasteiger partial charge is 0.501 e. The van der Waals surface area contributed by atoms with E-state index < -0.39 is 59.2 Å². The molecule has 1 aromatic carbocycles. The number of nitro benzene ring substituents is 1. The zero-order valence-corrected chi connectivity index (χ0v) is 15.5. The number of alkyl halides is 3. The summed E-state index contributed by atoms with van der Waals surface area (Å²) in [6.07, 6.45) is 0.220. The average molecular weight is 445 g/mol.